The lowest BCUT2D eigenvalue weighted by molar-refractivity contribution is 0.0667. The van der Waals surface area contributed by atoms with Crippen molar-refractivity contribution in [2.75, 3.05) is 17.7 Å². The molecule has 1 aliphatic rings. The smallest absolute Gasteiger partial charge is 0.224 e. The minimum atomic E-state index is -0.210. The first-order valence-corrected chi connectivity index (χ1v) is 11.6. The van der Waals surface area contributed by atoms with Gasteiger partial charge in [0.1, 0.15) is 11.6 Å². The maximum absolute atomic E-state index is 9.81. The predicted molar refractivity (Wildman–Crippen MR) is 132 cm³/mol. The van der Waals surface area contributed by atoms with Crippen LogP contribution in [0.2, 0.25) is 0 Å². The van der Waals surface area contributed by atoms with Gasteiger partial charge in [0.15, 0.2) is 5.82 Å². The lowest BCUT2D eigenvalue weighted by Gasteiger charge is -2.27. The summed E-state index contributed by atoms with van der Waals surface area (Å²) < 4.78 is 8.17. The number of anilines is 3. The monoisotopic (exact) mass is 459 g/mol. The van der Waals surface area contributed by atoms with Crippen LogP contribution < -0.4 is 15.4 Å². The fraction of sp³-hybridized carbons (Fsp3) is 0.360. The molecular formula is C25H29N7O2. The number of hydrogen-bond donors (Lipinski definition) is 3. The van der Waals surface area contributed by atoms with Crippen LogP contribution in [0.3, 0.4) is 0 Å². The number of nitrogens with zero attached hydrogens (tertiary/aromatic N) is 5. The number of aliphatic hydroxyl groups excluding tert-OH is 1. The number of hydrogen-bond acceptors (Lipinski definition) is 8. The van der Waals surface area contributed by atoms with Crippen molar-refractivity contribution < 1.29 is 9.84 Å². The highest BCUT2D eigenvalue weighted by Crippen LogP contribution is 2.34. The van der Waals surface area contributed by atoms with Crippen LogP contribution in [0.1, 0.15) is 37.1 Å². The van der Waals surface area contributed by atoms with Gasteiger partial charge >= 0.3 is 0 Å². The van der Waals surface area contributed by atoms with Crippen LogP contribution in [0.15, 0.2) is 42.7 Å². The molecule has 9 heteroatoms. The predicted octanol–water partition coefficient (Wildman–Crippen LogP) is 4.27. The molecule has 5 rings (SSSR count). The molecule has 0 aromatic carbocycles. The lowest BCUT2D eigenvalue weighted by atomic mass is 9.95. The summed E-state index contributed by atoms with van der Waals surface area (Å²) in [5, 5.41) is 20.7. The molecule has 0 saturated heterocycles. The van der Waals surface area contributed by atoms with E-state index >= 15 is 0 Å². The molecule has 3 N–H and O–H groups in total. The molecule has 0 amide bonds. The molecule has 4 aromatic rings. The molecule has 0 unspecified atom stereocenters. The van der Waals surface area contributed by atoms with Gasteiger partial charge in [-0.25, -0.2) is 9.50 Å². The Balaban J connectivity index is 1.42. The molecule has 0 radical (unpaired) electrons. The van der Waals surface area contributed by atoms with Crippen LogP contribution in [0.5, 0.6) is 5.75 Å². The zero-order chi connectivity index (χ0) is 23.7. The fourth-order valence-electron chi connectivity index (χ4n) is 4.31. The van der Waals surface area contributed by atoms with Crippen LogP contribution in [0.4, 0.5) is 17.6 Å². The van der Waals surface area contributed by atoms with Gasteiger partial charge in [-0.05, 0) is 63.3 Å². The highest BCUT2D eigenvalue weighted by Gasteiger charge is 2.22. The number of aryl methyl sites for hydroxylation is 2. The molecule has 4 heterocycles. The van der Waals surface area contributed by atoms with Crippen LogP contribution in [-0.4, -0.2) is 48.9 Å². The molecule has 1 saturated carbocycles. The molecule has 1 aliphatic carbocycles. The van der Waals surface area contributed by atoms with Gasteiger partial charge in [0.05, 0.1) is 23.9 Å². The normalized spacial score (nSPS) is 18.1. The summed E-state index contributed by atoms with van der Waals surface area (Å²) in [6, 6.07) is 10.0. The number of aromatic nitrogens is 5. The molecular weight excluding hydrogens is 430 g/mol. The first-order valence-electron chi connectivity index (χ1n) is 11.6. The minimum Gasteiger partial charge on any atom is -0.488 e. The highest BCUT2D eigenvalue weighted by atomic mass is 16.5. The van der Waals surface area contributed by atoms with E-state index in [1.807, 2.05) is 42.8 Å². The van der Waals surface area contributed by atoms with Crippen molar-refractivity contribution in [2.24, 2.45) is 0 Å². The Kier molecular flexibility index (Phi) is 6.02. The van der Waals surface area contributed by atoms with Crippen molar-refractivity contribution in [1.82, 2.24) is 24.6 Å². The van der Waals surface area contributed by atoms with Crippen molar-refractivity contribution in [3.63, 3.8) is 0 Å². The van der Waals surface area contributed by atoms with Crippen molar-refractivity contribution in [3.05, 3.63) is 54.1 Å². The summed E-state index contributed by atoms with van der Waals surface area (Å²) in [6.07, 6.45) is 6.89. The Labute approximate surface area is 198 Å². The summed E-state index contributed by atoms with van der Waals surface area (Å²) in [5.74, 6) is 2.70. The van der Waals surface area contributed by atoms with Crippen molar-refractivity contribution in [2.45, 2.75) is 51.7 Å². The summed E-state index contributed by atoms with van der Waals surface area (Å²) in [6.45, 7) is 3.90. The third-order valence-corrected chi connectivity index (χ3v) is 6.05. The van der Waals surface area contributed by atoms with Crippen molar-refractivity contribution in [3.8, 4) is 16.9 Å². The maximum Gasteiger partial charge on any atom is 0.224 e. The topological polar surface area (TPSA) is 109 Å². The number of pyridine rings is 2. The Bertz CT molecular complexity index is 1310. The molecule has 4 aromatic heterocycles. The maximum atomic E-state index is 9.81. The molecule has 0 bridgehead atoms. The molecule has 0 aliphatic heterocycles. The number of fused-ring (bicyclic) bond motifs is 1. The van der Waals surface area contributed by atoms with E-state index in [4.69, 9.17) is 4.74 Å². The van der Waals surface area contributed by atoms with E-state index in [-0.39, 0.29) is 12.2 Å². The van der Waals surface area contributed by atoms with Gasteiger partial charge in [0.2, 0.25) is 5.95 Å². The van der Waals surface area contributed by atoms with Gasteiger partial charge in [-0.1, -0.05) is 0 Å². The van der Waals surface area contributed by atoms with E-state index in [2.05, 4.69) is 42.8 Å². The summed E-state index contributed by atoms with van der Waals surface area (Å²) in [4.78, 5) is 13.2. The van der Waals surface area contributed by atoms with Gasteiger partial charge in [0, 0.05) is 42.3 Å². The van der Waals surface area contributed by atoms with Gasteiger partial charge in [-0.15, -0.1) is 0 Å². The SMILES string of the molecule is CNc1nc(C)cc(Nc2cc3cc(-c4cc(C)ncc4OC4CCC(O)CC4)ccn3n2)n1. The van der Waals surface area contributed by atoms with E-state index in [1.165, 1.54) is 0 Å². The van der Waals surface area contributed by atoms with Crippen LogP contribution in [0.25, 0.3) is 16.6 Å². The number of rotatable bonds is 6. The zero-order valence-electron chi connectivity index (χ0n) is 19.6. The molecule has 1 fully saturated rings. The number of ether oxygens (including phenoxy) is 1. The number of nitrogens with one attached hydrogen (secondary N) is 2. The molecule has 0 spiro atoms. The van der Waals surface area contributed by atoms with E-state index in [9.17, 15) is 5.11 Å². The minimum absolute atomic E-state index is 0.0972. The molecule has 0 atom stereocenters. The van der Waals surface area contributed by atoms with Gasteiger partial charge in [-0.2, -0.15) is 10.1 Å². The number of aliphatic hydroxyl groups is 1. The second-order valence-electron chi connectivity index (χ2n) is 8.78. The third-order valence-electron chi connectivity index (χ3n) is 6.05. The van der Waals surface area contributed by atoms with E-state index in [1.54, 1.807) is 13.2 Å². The van der Waals surface area contributed by atoms with Crippen molar-refractivity contribution in [1.29, 1.82) is 0 Å². The largest absolute Gasteiger partial charge is 0.488 e. The Morgan fingerprint density at radius 1 is 1.00 bits per heavy atom. The molecule has 9 nitrogen and oxygen atoms in total. The Morgan fingerprint density at radius 3 is 2.62 bits per heavy atom. The summed E-state index contributed by atoms with van der Waals surface area (Å²) in [5.41, 5.74) is 4.77. The average Bonchev–Trinajstić information content (AvgIpc) is 3.22. The fourth-order valence-corrected chi connectivity index (χ4v) is 4.31. The van der Waals surface area contributed by atoms with Crippen molar-refractivity contribution >= 4 is 23.1 Å². The van der Waals surface area contributed by atoms with E-state index in [0.29, 0.717) is 17.6 Å². The van der Waals surface area contributed by atoms with E-state index < -0.39 is 0 Å². The second kappa shape index (κ2) is 9.26. The summed E-state index contributed by atoms with van der Waals surface area (Å²) in [7, 11) is 1.79. The van der Waals surface area contributed by atoms with E-state index in [0.717, 1.165) is 59.5 Å². The molecule has 34 heavy (non-hydrogen) atoms. The Hall–Kier alpha value is -3.72. The Morgan fingerprint density at radius 2 is 1.82 bits per heavy atom. The second-order valence-corrected chi connectivity index (χ2v) is 8.78. The third kappa shape index (κ3) is 4.79. The standard InChI is InChI=1S/C25H29N7O2/c1-15-10-21(22(14-27-15)34-20-6-4-19(33)5-7-20)17-8-9-32-18(12-17)13-24(31-32)29-23-11-16(2)28-25(26-3)30-23/h8-14,19-20,33H,4-7H2,1-3H3,(H2,26,28,29,30,31). The highest BCUT2D eigenvalue weighted by molar-refractivity contribution is 5.75. The van der Waals surface area contributed by atoms with Crippen LogP contribution in [0, 0.1) is 13.8 Å². The summed E-state index contributed by atoms with van der Waals surface area (Å²) >= 11 is 0. The first-order chi connectivity index (χ1) is 16.5. The quantitative estimate of drug-likeness (QED) is 0.392. The lowest BCUT2D eigenvalue weighted by Crippen LogP contribution is -2.26. The first kappa shape index (κ1) is 22.1. The van der Waals surface area contributed by atoms with Crippen LogP contribution >= 0.6 is 0 Å². The van der Waals surface area contributed by atoms with Gasteiger partial charge in [-0.3, -0.25) is 4.98 Å². The van der Waals surface area contributed by atoms with Crippen LogP contribution in [-0.2, 0) is 0 Å². The zero-order valence-corrected chi connectivity index (χ0v) is 19.6. The molecule has 176 valence electrons. The average molecular weight is 460 g/mol. The van der Waals surface area contributed by atoms with Gasteiger partial charge in [0.25, 0.3) is 0 Å². The van der Waals surface area contributed by atoms with Gasteiger partial charge < -0.3 is 20.5 Å².